The molecule has 6 nitrogen and oxygen atoms in total. The summed E-state index contributed by atoms with van der Waals surface area (Å²) in [6.07, 6.45) is 4.92. The lowest BCUT2D eigenvalue weighted by Crippen LogP contribution is -2.48. The molecule has 3 aliphatic rings. The molecule has 0 bridgehead atoms. The molecule has 1 amide bonds. The Morgan fingerprint density at radius 3 is 2.85 bits per heavy atom. The highest BCUT2D eigenvalue weighted by Crippen LogP contribution is 2.50. The van der Waals surface area contributed by atoms with E-state index in [4.69, 9.17) is 4.52 Å². The highest BCUT2D eigenvalue weighted by molar-refractivity contribution is 5.94. The van der Waals surface area contributed by atoms with Crippen LogP contribution < -0.4 is 10.6 Å². The fourth-order valence-corrected chi connectivity index (χ4v) is 5.24. The average molecular weight is 367 g/mol. The number of carbonyl (C=O) groups is 1. The molecule has 2 heterocycles. The second-order valence-corrected chi connectivity index (χ2v) is 8.03. The number of carbonyl (C=O) groups excluding carboxylic acids is 1. The van der Waals surface area contributed by atoms with Crippen molar-refractivity contribution >= 4 is 5.91 Å². The van der Waals surface area contributed by atoms with E-state index >= 15 is 0 Å². The number of nitrogens with one attached hydrogen (secondary N) is 2. The molecule has 0 radical (unpaired) electrons. The van der Waals surface area contributed by atoms with Gasteiger partial charge in [0.05, 0.1) is 12.1 Å². The predicted molar refractivity (Wildman–Crippen MR) is 99.6 cm³/mol. The van der Waals surface area contributed by atoms with Crippen LogP contribution in [0.25, 0.3) is 0 Å². The van der Waals surface area contributed by atoms with Crippen LogP contribution in [0.4, 0.5) is 0 Å². The second-order valence-electron chi connectivity index (χ2n) is 8.03. The molecule has 2 aromatic rings. The summed E-state index contributed by atoms with van der Waals surface area (Å²) >= 11 is 0. The van der Waals surface area contributed by atoms with Crippen LogP contribution in [0.2, 0.25) is 0 Å². The van der Waals surface area contributed by atoms with Gasteiger partial charge >= 0.3 is 0 Å². The third kappa shape index (κ3) is 2.54. The molecule has 142 valence electrons. The Hall–Kier alpha value is -2.18. The highest BCUT2D eigenvalue weighted by Gasteiger charge is 2.52. The van der Waals surface area contributed by atoms with Crippen molar-refractivity contribution in [1.82, 2.24) is 15.8 Å². The maximum absolute atomic E-state index is 13.0. The van der Waals surface area contributed by atoms with E-state index in [9.17, 15) is 9.90 Å². The van der Waals surface area contributed by atoms with Crippen molar-refractivity contribution in [3.63, 3.8) is 0 Å². The van der Waals surface area contributed by atoms with Gasteiger partial charge in [-0.05, 0) is 56.3 Å². The van der Waals surface area contributed by atoms with Gasteiger partial charge in [-0.25, -0.2) is 0 Å². The molecule has 5 rings (SSSR count). The number of aliphatic hydroxyl groups excluding tert-OH is 1. The molecule has 1 saturated heterocycles. The van der Waals surface area contributed by atoms with Gasteiger partial charge in [-0.15, -0.1) is 0 Å². The number of hydrogen-bond acceptors (Lipinski definition) is 5. The molecular formula is C21H25N3O3. The number of fused-ring (bicyclic) bond motifs is 3. The maximum Gasteiger partial charge on any atom is 0.274 e. The Labute approximate surface area is 158 Å². The third-order valence-electron chi connectivity index (χ3n) is 6.66. The summed E-state index contributed by atoms with van der Waals surface area (Å²) in [5.74, 6) is 0.598. The van der Waals surface area contributed by atoms with E-state index in [0.29, 0.717) is 5.69 Å². The quantitative estimate of drug-likeness (QED) is 0.756. The summed E-state index contributed by atoms with van der Waals surface area (Å²) in [5.41, 5.74) is 3.24. The van der Waals surface area contributed by atoms with Gasteiger partial charge < -0.3 is 20.3 Å². The smallest absolute Gasteiger partial charge is 0.274 e. The molecule has 3 N–H and O–H groups in total. The summed E-state index contributed by atoms with van der Waals surface area (Å²) in [5, 5.41) is 21.8. The zero-order valence-electron chi connectivity index (χ0n) is 15.3. The second kappa shape index (κ2) is 6.46. The van der Waals surface area contributed by atoms with Crippen molar-refractivity contribution in [3.05, 3.63) is 52.4 Å². The number of amides is 1. The van der Waals surface area contributed by atoms with Crippen LogP contribution in [-0.2, 0) is 18.3 Å². The number of aryl methyl sites for hydroxylation is 1. The van der Waals surface area contributed by atoms with Gasteiger partial charge in [-0.1, -0.05) is 29.4 Å². The molecular weight excluding hydrogens is 342 g/mol. The summed E-state index contributed by atoms with van der Waals surface area (Å²) in [6, 6.07) is 7.71. The van der Waals surface area contributed by atoms with Gasteiger partial charge in [0, 0.05) is 17.4 Å². The zero-order chi connectivity index (χ0) is 18.4. The number of nitrogens with zero attached hydrogens (tertiary/aromatic N) is 1. The van der Waals surface area contributed by atoms with Crippen LogP contribution in [0.1, 0.15) is 64.7 Å². The Kier molecular flexibility index (Phi) is 4.06. The molecule has 0 unspecified atom stereocenters. The Morgan fingerprint density at radius 2 is 2.00 bits per heavy atom. The largest absolute Gasteiger partial charge is 0.390 e. The van der Waals surface area contributed by atoms with Gasteiger partial charge in [0.15, 0.2) is 5.69 Å². The monoisotopic (exact) mass is 367 g/mol. The summed E-state index contributed by atoms with van der Waals surface area (Å²) in [7, 11) is 0. The van der Waals surface area contributed by atoms with Crippen LogP contribution >= 0.6 is 0 Å². The Morgan fingerprint density at radius 1 is 1.22 bits per heavy atom. The van der Waals surface area contributed by atoms with E-state index in [-0.39, 0.29) is 11.3 Å². The molecule has 27 heavy (non-hydrogen) atoms. The lowest BCUT2D eigenvalue weighted by Gasteiger charge is -2.38. The number of aliphatic hydroxyl groups is 1. The Balaban J connectivity index is 1.47. The van der Waals surface area contributed by atoms with Crippen molar-refractivity contribution in [2.24, 2.45) is 0 Å². The Bertz CT molecular complexity index is 869. The zero-order valence-corrected chi connectivity index (χ0v) is 15.3. The fourth-order valence-electron chi connectivity index (χ4n) is 5.24. The first-order valence-corrected chi connectivity index (χ1v) is 9.97. The van der Waals surface area contributed by atoms with Gasteiger partial charge in [0.2, 0.25) is 0 Å². The highest BCUT2D eigenvalue weighted by atomic mass is 16.5. The van der Waals surface area contributed by atoms with Gasteiger partial charge in [-0.2, -0.15) is 0 Å². The van der Waals surface area contributed by atoms with Gasteiger partial charge in [0.25, 0.3) is 5.91 Å². The van der Waals surface area contributed by atoms with E-state index in [1.807, 2.05) is 18.2 Å². The first-order valence-electron chi connectivity index (χ1n) is 9.97. The summed E-state index contributed by atoms with van der Waals surface area (Å²) in [4.78, 5) is 13.0. The molecule has 0 saturated carbocycles. The minimum absolute atomic E-state index is 0.244. The molecule has 1 aliphatic heterocycles. The number of piperidine rings is 1. The summed E-state index contributed by atoms with van der Waals surface area (Å²) < 4.78 is 5.40. The van der Waals surface area contributed by atoms with Crippen LogP contribution in [0.15, 0.2) is 28.8 Å². The molecule has 1 fully saturated rings. The number of aromatic nitrogens is 1. The molecule has 1 aromatic carbocycles. The molecule has 1 spiro atoms. The van der Waals surface area contributed by atoms with E-state index in [1.54, 1.807) is 0 Å². The maximum atomic E-state index is 13.0. The minimum Gasteiger partial charge on any atom is -0.390 e. The van der Waals surface area contributed by atoms with E-state index in [0.717, 1.165) is 68.5 Å². The third-order valence-corrected chi connectivity index (χ3v) is 6.66. The number of benzene rings is 1. The number of hydrogen-bond donors (Lipinski definition) is 3. The van der Waals surface area contributed by atoms with Crippen molar-refractivity contribution in [2.45, 2.75) is 56.1 Å². The molecule has 1 aromatic heterocycles. The number of rotatable bonds is 2. The topological polar surface area (TPSA) is 87.4 Å². The SMILES string of the molecule is O=C(N[C@@H]1c2ccccc2C2(CCNCC2)[C@H]1O)c1noc2c1CCCC2. The van der Waals surface area contributed by atoms with E-state index < -0.39 is 12.1 Å². The average Bonchev–Trinajstić information content (AvgIpc) is 3.24. The summed E-state index contributed by atoms with van der Waals surface area (Å²) in [6.45, 7) is 1.76. The minimum atomic E-state index is -0.635. The van der Waals surface area contributed by atoms with Crippen LogP contribution in [0.5, 0.6) is 0 Å². The van der Waals surface area contributed by atoms with Gasteiger partial charge in [-0.3, -0.25) is 4.79 Å². The van der Waals surface area contributed by atoms with Crippen molar-refractivity contribution in [3.8, 4) is 0 Å². The lowest BCUT2D eigenvalue weighted by atomic mass is 9.72. The molecule has 2 aliphatic carbocycles. The first kappa shape index (κ1) is 17.0. The van der Waals surface area contributed by atoms with Crippen molar-refractivity contribution in [1.29, 1.82) is 0 Å². The first-order chi connectivity index (χ1) is 13.2. The molecule has 6 heteroatoms. The van der Waals surface area contributed by atoms with Gasteiger partial charge in [0.1, 0.15) is 5.76 Å². The van der Waals surface area contributed by atoms with Crippen LogP contribution in [0.3, 0.4) is 0 Å². The van der Waals surface area contributed by atoms with Crippen molar-refractivity contribution in [2.75, 3.05) is 13.1 Å². The van der Waals surface area contributed by atoms with E-state index in [1.165, 1.54) is 5.56 Å². The van der Waals surface area contributed by atoms with Crippen LogP contribution in [0, 0.1) is 0 Å². The lowest BCUT2D eigenvalue weighted by molar-refractivity contribution is 0.0416. The van der Waals surface area contributed by atoms with E-state index in [2.05, 4.69) is 21.9 Å². The fraction of sp³-hybridized carbons (Fsp3) is 0.524. The standard InChI is InChI=1S/C21H25N3O3/c25-19-17(23-20(26)18-14-6-2-4-8-16(14)27-24-18)13-5-1-3-7-15(13)21(19)9-11-22-12-10-21/h1,3,5,7,17,19,22,25H,2,4,6,8-12H2,(H,23,26)/t17-,19+/m1/s1. The van der Waals surface area contributed by atoms with Crippen molar-refractivity contribution < 1.29 is 14.4 Å². The predicted octanol–water partition coefficient (Wildman–Crippen LogP) is 2.02. The van der Waals surface area contributed by atoms with Crippen LogP contribution in [-0.4, -0.2) is 35.4 Å². The normalized spacial score (nSPS) is 25.8. The molecule has 2 atom stereocenters.